The minimum absolute atomic E-state index is 0.668. The second-order valence-electron chi connectivity index (χ2n) is 5.63. The van der Waals surface area contributed by atoms with Crippen LogP contribution in [0.4, 0.5) is 0 Å². The van der Waals surface area contributed by atoms with Crippen LogP contribution in [-0.4, -0.2) is 24.1 Å². The maximum Gasteiger partial charge on any atom is 0.00812 e. The number of rotatable bonds is 6. The van der Waals surface area contributed by atoms with E-state index < -0.39 is 0 Å². The first-order chi connectivity index (χ1) is 8.69. The largest absolute Gasteiger partial charge is 0.311 e. The van der Waals surface area contributed by atoms with Crippen LogP contribution in [0.15, 0.2) is 24.3 Å². The fraction of sp³-hybridized carbons (Fsp3) is 0.625. The van der Waals surface area contributed by atoms with Crippen molar-refractivity contribution in [1.29, 1.82) is 0 Å². The molecule has 1 fully saturated rings. The van der Waals surface area contributed by atoms with Crippen molar-refractivity contribution < 1.29 is 0 Å². The molecular weight excluding hydrogens is 238 g/mol. The van der Waals surface area contributed by atoms with Gasteiger partial charge in [0, 0.05) is 12.1 Å². The molecule has 0 spiro atoms. The van der Waals surface area contributed by atoms with E-state index in [2.05, 4.69) is 49.7 Å². The van der Waals surface area contributed by atoms with E-state index in [0.717, 1.165) is 12.0 Å². The predicted octanol–water partition coefficient (Wildman–Crippen LogP) is 3.97. The minimum Gasteiger partial charge on any atom is -0.311 e. The van der Waals surface area contributed by atoms with E-state index in [9.17, 15) is 0 Å². The number of benzene rings is 1. The summed E-state index contributed by atoms with van der Waals surface area (Å²) >= 11 is 1.94. The molecule has 1 aliphatic carbocycles. The third-order valence-corrected chi connectivity index (χ3v) is 4.57. The van der Waals surface area contributed by atoms with Gasteiger partial charge in [-0.3, -0.25) is 0 Å². The molecular formula is C16H25NS. The first-order valence-corrected chi connectivity index (χ1v) is 8.40. The van der Waals surface area contributed by atoms with Crippen molar-refractivity contribution in [3.63, 3.8) is 0 Å². The molecule has 1 saturated carbocycles. The standard InChI is InChI=1S/C16H25NS/c1-12-5-4-6-14(9-12)15-10-16(11-15)17-13(2)7-8-18-3/h4-6,9,13,15-17H,7-8,10-11H2,1-3H3. The summed E-state index contributed by atoms with van der Waals surface area (Å²) in [6, 6.07) is 10.4. The Morgan fingerprint density at radius 1 is 1.39 bits per heavy atom. The van der Waals surface area contributed by atoms with Gasteiger partial charge in [0.2, 0.25) is 0 Å². The molecule has 0 radical (unpaired) electrons. The van der Waals surface area contributed by atoms with Crippen LogP contribution in [-0.2, 0) is 0 Å². The maximum atomic E-state index is 3.75. The topological polar surface area (TPSA) is 12.0 Å². The molecule has 1 aromatic carbocycles. The van der Waals surface area contributed by atoms with Crippen LogP contribution in [0.2, 0.25) is 0 Å². The van der Waals surface area contributed by atoms with Crippen LogP contribution >= 0.6 is 11.8 Å². The zero-order valence-electron chi connectivity index (χ0n) is 11.8. The van der Waals surface area contributed by atoms with Crippen molar-refractivity contribution in [1.82, 2.24) is 5.32 Å². The van der Waals surface area contributed by atoms with Crippen molar-refractivity contribution in [3.8, 4) is 0 Å². The zero-order valence-corrected chi connectivity index (χ0v) is 12.6. The van der Waals surface area contributed by atoms with E-state index in [1.165, 1.54) is 36.1 Å². The van der Waals surface area contributed by atoms with Crippen molar-refractivity contribution in [3.05, 3.63) is 35.4 Å². The molecule has 0 saturated heterocycles. The molecule has 100 valence electrons. The first-order valence-electron chi connectivity index (χ1n) is 7.00. The molecule has 0 amide bonds. The fourth-order valence-corrected chi connectivity index (χ4v) is 3.32. The van der Waals surface area contributed by atoms with Crippen LogP contribution in [0, 0.1) is 6.92 Å². The van der Waals surface area contributed by atoms with E-state index >= 15 is 0 Å². The molecule has 0 aliphatic heterocycles. The molecule has 1 aliphatic rings. The number of hydrogen-bond acceptors (Lipinski definition) is 2. The number of nitrogens with one attached hydrogen (secondary N) is 1. The maximum absolute atomic E-state index is 3.75. The third-order valence-electron chi connectivity index (χ3n) is 3.93. The quantitative estimate of drug-likeness (QED) is 0.833. The highest BCUT2D eigenvalue weighted by Gasteiger charge is 2.30. The normalized spacial score (nSPS) is 24.6. The Labute approximate surface area is 116 Å². The molecule has 1 N–H and O–H groups in total. The van der Waals surface area contributed by atoms with Crippen molar-refractivity contribution in [2.24, 2.45) is 0 Å². The molecule has 1 atom stereocenters. The third kappa shape index (κ3) is 3.76. The highest BCUT2D eigenvalue weighted by molar-refractivity contribution is 7.98. The van der Waals surface area contributed by atoms with Gasteiger partial charge in [0.05, 0.1) is 0 Å². The smallest absolute Gasteiger partial charge is 0.00812 e. The van der Waals surface area contributed by atoms with Crippen molar-refractivity contribution in [2.45, 2.75) is 51.1 Å². The van der Waals surface area contributed by atoms with Gasteiger partial charge in [-0.05, 0) is 56.6 Å². The lowest BCUT2D eigenvalue weighted by atomic mass is 9.75. The lowest BCUT2D eigenvalue weighted by molar-refractivity contribution is 0.268. The summed E-state index contributed by atoms with van der Waals surface area (Å²) in [6.07, 6.45) is 6.09. The van der Waals surface area contributed by atoms with Crippen molar-refractivity contribution in [2.75, 3.05) is 12.0 Å². The summed E-state index contributed by atoms with van der Waals surface area (Å²) in [5.41, 5.74) is 2.92. The molecule has 2 heteroatoms. The minimum atomic E-state index is 0.668. The Morgan fingerprint density at radius 2 is 2.17 bits per heavy atom. The summed E-state index contributed by atoms with van der Waals surface area (Å²) in [4.78, 5) is 0. The van der Waals surface area contributed by atoms with E-state index in [4.69, 9.17) is 0 Å². The van der Waals surface area contributed by atoms with Crippen molar-refractivity contribution >= 4 is 11.8 Å². The van der Waals surface area contributed by atoms with Crippen LogP contribution < -0.4 is 5.32 Å². The Balaban J connectivity index is 1.73. The van der Waals surface area contributed by atoms with Gasteiger partial charge in [-0.15, -0.1) is 0 Å². The van der Waals surface area contributed by atoms with Crippen LogP contribution in [0.1, 0.15) is 43.2 Å². The summed E-state index contributed by atoms with van der Waals surface area (Å²) in [7, 11) is 0. The molecule has 0 aromatic heterocycles. The summed E-state index contributed by atoms with van der Waals surface area (Å²) in [5.74, 6) is 2.05. The summed E-state index contributed by atoms with van der Waals surface area (Å²) in [5, 5.41) is 3.75. The van der Waals surface area contributed by atoms with Gasteiger partial charge in [0.1, 0.15) is 0 Å². The lowest BCUT2D eigenvalue weighted by Crippen LogP contribution is -2.44. The van der Waals surface area contributed by atoms with E-state index in [1.54, 1.807) is 0 Å². The van der Waals surface area contributed by atoms with Gasteiger partial charge in [-0.1, -0.05) is 29.8 Å². The van der Waals surface area contributed by atoms with Gasteiger partial charge < -0.3 is 5.32 Å². The fourth-order valence-electron chi connectivity index (χ4n) is 2.73. The summed E-state index contributed by atoms with van der Waals surface area (Å²) < 4.78 is 0. The number of hydrogen-bond donors (Lipinski definition) is 1. The van der Waals surface area contributed by atoms with Crippen LogP contribution in [0.3, 0.4) is 0 Å². The Kier molecular flexibility index (Phi) is 5.13. The van der Waals surface area contributed by atoms with E-state index in [0.29, 0.717) is 6.04 Å². The Morgan fingerprint density at radius 3 is 2.83 bits per heavy atom. The van der Waals surface area contributed by atoms with Crippen LogP contribution in [0.5, 0.6) is 0 Å². The Bertz CT molecular complexity index is 371. The summed E-state index contributed by atoms with van der Waals surface area (Å²) in [6.45, 7) is 4.50. The lowest BCUT2D eigenvalue weighted by Gasteiger charge is -2.38. The monoisotopic (exact) mass is 263 g/mol. The average molecular weight is 263 g/mol. The zero-order chi connectivity index (χ0) is 13.0. The van der Waals surface area contributed by atoms with E-state index in [1.807, 2.05) is 11.8 Å². The van der Waals surface area contributed by atoms with Gasteiger partial charge >= 0.3 is 0 Å². The van der Waals surface area contributed by atoms with Gasteiger partial charge in [0.25, 0.3) is 0 Å². The average Bonchev–Trinajstić information content (AvgIpc) is 2.30. The van der Waals surface area contributed by atoms with Gasteiger partial charge in [-0.2, -0.15) is 11.8 Å². The molecule has 1 nitrogen and oxygen atoms in total. The Hall–Kier alpha value is -0.470. The molecule has 0 bridgehead atoms. The van der Waals surface area contributed by atoms with E-state index in [-0.39, 0.29) is 0 Å². The first kappa shape index (κ1) is 14.0. The van der Waals surface area contributed by atoms with Gasteiger partial charge in [-0.25, -0.2) is 0 Å². The SMILES string of the molecule is CSCCC(C)NC1CC(c2cccc(C)c2)C1. The number of aryl methyl sites for hydroxylation is 1. The molecule has 18 heavy (non-hydrogen) atoms. The van der Waals surface area contributed by atoms with Gasteiger partial charge in [0.15, 0.2) is 0 Å². The molecule has 1 aromatic rings. The molecule has 2 rings (SSSR count). The highest BCUT2D eigenvalue weighted by Crippen LogP contribution is 2.37. The van der Waals surface area contributed by atoms with Crippen LogP contribution in [0.25, 0.3) is 0 Å². The molecule has 0 heterocycles. The highest BCUT2D eigenvalue weighted by atomic mass is 32.2. The number of thioether (sulfide) groups is 1. The predicted molar refractivity (Wildman–Crippen MR) is 82.5 cm³/mol. The second-order valence-corrected chi connectivity index (χ2v) is 6.61. The molecule has 1 unspecified atom stereocenters. The second kappa shape index (κ2) is 6.63.